The zero-order chi connectivity index (χ0) is 18.3. The first-order valence-electron chi connectivity index (χ1n) is 9.66. The highest BCUT2D eigenvalue weighted by atomic mass is 35.5. The van der Waals surface area contributed by atoms with Crippen LogP contribution in [-0.4, -0.2) is 30.3 Å². The Labute approximate surface area is 164 Å². The van der Waals surface area contributed by atoms with E-state index in [0.29, 0.717) is 13.0 Å². The molecule has 5 rings (SSSR count). The normalized spacial score (nSPS) is 31.8. The van der Waals surface area contributed by atoms with Crippen molar-refractivity contribution in [2.24, 2.45) is 23.2 Å². The third kappa shape index (κ3) is 3.94. The van der Waals surface area contributed by atoms with Crippen molar-refractivity contribution >= 4 is 34.8 Å². The quantitative estimate of drug-likeness (QED) is 0.790. The number of rotatable bonds is 6. The summed E-state index contributed by atoms with van der Waals surface area (Å²) in [6.45, 7) is 0.613. The maximum Gasteiger partial charge on any atom is 0.242 e. The molecule has 6 heteroatoms. The molecule has 0 saturated heterocycles. The molecule has 4 bridgehead atoms. The molecule has 0 spiro atoms. The molecular formula is C20H27ClN2O2S. The average Bonchev–Trinajstić information content (AvgIpc) is 2.95. The second-order valence-electron chi connectivity index (χ2n) is 8.83. The van der Waals surface area contributed by atoms with E-state index in [1.807, 2.05) is 12.1 Å². The van der Waals surface area contributed by atoms with Crippen molar-refractivity contribution in [2.45, 2.75) is 51.5 Å². The SMILES string of the molecule is CN(Cc1ccc(Cl)s1)C(=O)CNC(=O)CC12CC3CC(CC(C3)C1)C2. The number of hydrogen-bond acceptors (Lipinski definition) is 3. The lowest BCUT2D eigenvalue weighted by Gasteiger charge is -2.56. The van der Waals surface area contributed by atoms with Gasteiger partial charge in [0.05, 0.1) is 17.4 Å². The Hall–Kier alpha value is -1.07. The largest absolute Gasteiger partial charge is 0.347 e. The number of thiophene rings is 1. The number of amides is 2. The lowest BCUT2D eigenvalue weighted by atomic mass is 9.49. The summed E-state index contributed by atoms with van der Waals surface area (Å²) in [7, 11) is 1.77. The van der Waals surface area contributed by atoms with Gasteiger partial charge < -0.3 is 10.2 Å². The van der Waals surface area contributed by atoms with E-state index in [-0.39, 0.29) is 23.8 Å². The number of nitrogens with one attached hydrogen (secondary N) is 1. The second-order valence-corrected chi connectivity index (χ2v) is 10.6. The molecule has 0 aromatic carbocycles. The molecule has 0 unspecified atom stereocenters. The van der Waals surface area contributed by atoms with Gasteiger partial charge in [0.1, 0.15) is 0 Å². The van der Waals surface area contributed by atoms with Gasteiger partial charge in [-0.3, -0.25) is 9.59 Å². The molecule has 1 aromatic rings. The number of nitrogens with zero attached hydrogens (tertiary/aromatic N) is 1. The van der Waals surface area contributed by atoms with E-state index in [1.54, 1.807) is 11.9 Å². The highest BCUT2D eigenvalue weighted by molar-refractivity contribution is 7.16. The average molecular weight is 395 g/mol. The molecule has 1 N–H and O–H groups in total. The molecule has 0 atom stereocenters. The molecule has 142 valence electrons. The smallest absolute Gasteiger partial charge is 0.242 e. The minimum absolute atomic E-state index is 0.0490. The monoisotopic (exact) mass is 394 g/mol. The Balaban J connectivity index is 1.25. The minimum atomic E-state index is -0.0617. The van der Waals surface area contributed by atoms with Gasteiger partial charge in [-0.1, -0.05) is 11.6 Å². The molecule has 26 heavy (non-hydrogen) atoms. The fourth-order valence-corrected chi connectivity index (χ4v) is 7.12. The molecule has 4 aliphatic carbocycles. The number of carbonyl (C=O) groups excluding carboxylic acids is 2. The van der Waals surface area contributed by atoms with E-state index in [9.17, 15) is 9.59 Å². The Morgan fingerprint density at radius 1 is 1.19 bits per heavy atom. The van der Waals surface area contributed by atoms with Crippen LogP contribution in [0.1, 0.15) is 49.8 Å². The summed E-state index contributed by atoms with van der Waals surface area (Å²) in [6, 6.07) is 3.77. The summed E-state index contributed by atoms with van der Waals surface area (Å²) >= 11 is 7.41. The molecule has 4 fully saturated rings. The minimum Gasteiger partial charge on any atom is -0.347 e. The predicted octanol–water partition coefficient (Wildman–Crippen LogP) is 4.08. The van der Waals surface area contributed by atoms with Crippen molar-refractivity contribution in [2.75, 3.05) is 13.6 Å². The standard InChI is InChI=1S/C20H27ClN2O2S/c1-23(12-16-2-3-17(21)26-16)19(25)11-22-18(24)10-20-7-13-4-14(8-20)6-15(5-13)9-20/h2-3,13-15H,4-12H2,1H3,(H,22,24). The van der Waals surface area contributed by atoms with Gasteiger partial charge in [0.15, 0.2) is 0 Å². The van der Waals surface area contributed by atoms with Crippen LogP contribution in [0.15, 0.2) is 12.1 Å². The summed E-state index contributed by atoms with van der Waals surface area (Å²) in [6.07, 6.45) is 8.43. The van der Waals surface area contributed by atoms with Gasteiger partial charge in [-0.2, -0.15) is 0 Å². The van der Waals surface area contributed by atoms with Gasteiger partial charge in [0.2, 0.25) is 11.8 Å². The summed E-state index contributed by atoms with van der Waals surface area (Å²) < 4.78 is 0.727. The van der Waals surface area contributed by atoms with Crippen molar-refractivity contribution in [3.05, 3.63) is 21.3 Å². The van der Waals surface area contributed by atoms with Crippen molar-refractivity contribution in [1.29, 1.82) is 0 Å². The van der Waals surface area contributed by atoms with Gasteiger partial charge in [-0.25, -0.2) is 0 Å². The molecular weight excluding hydrogens is 368 g/mol. The Morgan fingerprint density at radius 2 is 1.81 bits per heavy atom. The molecule has 2 amide bonds. The predicted molar refractivity (Wildman–Crippen MR) is 104 cm³/mol. The van der Waals surface area contributed by atoms with E-state index in [4.69, 9.17) is 11.6 Å². The van der Waals surface area contributed by atoms with Crippen LogP contribution in [0.5, 0.6) is 0 Å². The van der Waals surface area contributed by atoms with E-state index in [2.05, 4.69) is 5.32 Å². The van der Waals surface area contributed by atoms with Crippen LogP contribution in [0.3, 0.4) is 0 Å². The summed E-state index contributed by atoms with van der Waals surface area (Å²) in [4.78, 5) is 27.5. The third-order valence-electron chi connectivity index (χ3n) is 6.59. The van der Waals surface area contributed by atoms with Crippen LogP contribution < -0.4 is 5.32 Å². The van der Waals surface area contributed by atoms with Gasteiger partial charge in [-0.15, -0.1) is 11.3 Å². The molecule has 4 saturated carbocycles. The lowest BCUT2D eigenvalue weighted by molar-refractivity contribution is -0.135. The molecule has 1 aromatic heterocycles. The first-order chi connectivity index (χ1) is 12.4. The van der Waals surface area contributed by atoms with Gasteiger partial charge >= 0.3 is 0 Å². The van der Waals surface area contributed by atoms with E-state index >= 15 is 0 Å². The lowest BCUT2D eigenvalue weighted by Crippen LogP contribution is -2.48. The van der Waals surface area contributed by atoms with Gasteiger partial charge in [0.25, 0.3) is 0 Å². The van der Waals surface area contributed by atoms with Crippen molar-refractivity contribution in [3.8, 4) is 0 Å². The topological polar surface area (TPSA) is 49.4 Å². The highest BCUT2D eigenvalue weighted by Crippen LogP contribution is 2.61. The number of halogens is 1. The van der Waals surface area contributed by atoms with Crippen molar-refractivity contribution in [3.63, 3.8) is 0 Å². The Bertz CT molecular complexity index is 666. The number of carbonyl (C=O) groups is 2. The number of hydrogen-bond donors (Lipinski definition) is 1. The highest BCUT2D eigenvalue weighted by Gasteiger charge is 2.51. The van der Waals surface area contributed by atoms with Crippen molar-refractivity contribution < 1.29 is 9.59 Å². The maximum atomic E-state index is 12.5. The molecule has 4 aliphatic rings. The summed E-state index contributed by atoms with van der Waals surface area (Å²) in [5, 5.41) is 2.88. The Morgan fingerprint density at radius 3 is 2.35 bits per heavy atom. The maximum absolute atomic E-state index is 12.5. The van der Waals surface area contributed by atoms with E-state index in [0.717, 1.165) is 27.0 Å². The van der Waals surface area contributed by atoms with E-state index in [1.165, 1.54) is 49.9 Å². The Kier molecular flexibility index (Phi) is 5.04. The van der Waals surface area contributed by atoms with Crippen molar-refractivity contribution in [1.82, 2.24) is 10.2 Å². The zero-order valence-electron chi connectivity index (χ0n) is 15.3. The van der Waals surface area contributed by atoms with Crippen LogP contribution in [0.4, 0.5) is 0 Å². The van der Waals surface area contributed by atoms with Crippen LogP contribution in [0.2, 0.25) is 4.34 Å². The van der Waals surface area contributed by atoms with E-state index < -0.39 is 0 Å². The molecule has 0 aliphatic heterocycles. The molecule has 4 nitrogen and oxygen atoms in total. The summed E-state index contributed by atoms with van der Waals surface area (Å²) in [5.74, 6) is 2.53. The first kappa shape index (κ1) is 18.3. The third-order valence-corrected chi connectivity index (χ3v) is 7.80. The molecule has 1 heterocycles. The van der Waals surface area contributed by atoms with Gasteiger partial charge in [0, 0.05) is 18.3 Å². The van der Waals surface area contributed by atoms with Crippen LogP contribution in [0.25, 0.3) is 0 Å². The van der Waals surface area contributed by atoms with Crippen LogP contribution >= 0.6 is 22.9 Å². The number of likely N-dealkylation sites (N-methyl/N-ethyl adjacent to an activating group) is 1. The second kappa shape index (κ2) is 7.16. The summed E-state index contributed by atoms with van der Waals surface area (Å²) in [5.41, 5.74) is 0.224. The zero-order valence-corrected chi connectivity index (χ0v) is 16.9. The van der Waals surface area contributed by atoms with Gasteiger partial charge in [-0.05, 0) is 73.8 Å². The first-order valence-corrected chi connectivity index (χ1v) is 10.9. The van der Waals surface area contributed by atoms with Crippen LogP contribution in [0, 0.1) is 23.2 Å². The van der Waals surface area contributed by atoms with Crippen LogP contribution in [-0.2, 0) is 16.1 Å². The molecule has 0 radical (unpaired) electrons. The fraction of sp³-hybridized carbons (Fsp3) is 0.700. The fourth-order valence-electron chi connectivity index (χ4n) is 5.98.